The lowest BCUT2D eigenvalue weighted by molar-refractivity contribution is 0.480. The summed E-state index contributed by atoms with van der Waals surface area (Å²) < 4.78 is 0. The molecule has 0 atom stereocenters. The predicted octanol–water partition coefficient (Wildman–Crippen LogP) is 3.42. The molecule has 112 valence electrons. The van der Waals surface area contributed by atoms with Crippen molar-refractivity contribution in [1.29, 1.82) is 0 Å². The Hall–Kier alpha value is -2.99. The molecule has 0 aliphatic heterocycles. The molecule has 6 heteroatoms. The molecule has 0 spiro atoms. The van der Waals surface area contributed by atoms with Crippen LogP contribution in [-0.2, 0) is 0 Å². The maximum Gasteiger partial charge on any atom is 0.322 e. The Morgan fingerprint density at radius 1 is 0.957 bits per heavy atom. The number of pyridine rings is 1. The summed E-state index contributed by atoms with van der Waals surface area (Å²) in [6.07, 6.45) is 0. The van der Waals surface area contributed by atoms with Crippen molar-refractivity contribution in [3.05, 3.63) is 64.3 Å². The first-order valence-electron chi connectivity index (χ1n) is 6.96. The number of para-hydroxylation sites is 1. The van der Waals surface area contributed by atoms with E-state index in [2.05, 4.69) is 15.2 Å². The summed E-state index contributed by atoms with van der Waals surface area (Å²) in [4.78, 5) is 15.5. The summed E-state index contributed by atoms with van der Waals surface area (Å²) in [5.41, 5.74) is 3.17. The monoisotopic (exact) mass is 321 g/mol. The number of hydrogen-bond acceptors (Lipinski definition) is 5. The van der Waals surface area contributed by atoms with Crippen LogP contribution in [0.2, 0.25) is 0 Å². The molecule has 2 aromatic carbocycles. The third-order valence-electron chi connectivity index (χ3n) is 3.56. The van der Waals surface area contributed by atoms with Gasteiger partial charge in [-0.05, 0) is 12.1 Å². The van der Waals surface area contributed by atoms with Crippen LogP contribution in [0.4, 0.5) is 0 Å². The van der Waals surface area contributed by atoms with Crippen molar-refractivity contribution < 1.29 is 5.11 Å². The second kappa shape index (κ2) is 5.33. The van der Waals surface area contributed by atoms with Gasteiger partial charge in [0.1, 0.15) is 16.3 Å². The van der Waals surface area contributed by atoms with Gasteiger partial charge < -0.3 is 5.11 Å². The molecule has 0 amide bonds. The van der Waals surface area contributed by atoms with E-state index in [0.29, 0.717) is 10.5 Å². The smallest absolute Gasteiger partial charge is 0.322 e. The Bertz CT molecular complexity index is 1050. The molecule has 4 aromatic rings. The van der Waals surface area contributed by atoms with Gasteiger partial charge >= 0.3 is 4.87 Å². The Morgan fingerprint density at radius 2 is 1.74 bits per heavy atom. The van der Waals surface area contributed by atoms with Gasteiger partial charge in [0.15, 0.2) is 0 Å². The standard InChI is InChI=1S/C17H11N3O2S/c21-14-3-1-2-11-8-9-13(18-15(11)14)10-4-6-12(7-5-10)16-19-20-17(22)23-16/h1-9,21H,(H,20,22). The Balaban J connectivity index is 1.76. The van der Waals surface area contributed by atoms with Crippen LogP contribution in [0, 0.1) is 0 Å². The summed E-state index contributed by atoms with van der Waals surface area (Å²) in [7, 11) is 0. The summed E-state index contributed by atoms with van der Waals surface area (Å²) in [6, 6.07) is 16.8. The molecule has 2 heterocycles. The Labute approximate surface area is 134 Å². The summed E-state index contributed by atoms with van der Waals surface area (Å²) in [6.45, 7) is 0. The highest BCUT2D eigenvalue weighted by Crippen LogP contribution is 2.28. The molecule has 5 nitrogen and oxygen atoms in total. The van der Waals surface area contributed by atoms with Crippen molar-refractivity contribution in [3.8, 4) is 27.6 Å². The quantitative estimate of drug-likeness (QED) is 0.593. The van der Waals surface area contributed by atoms with Crippen molar-refractivity contribution in [1.82, 2.24) is 15.2 Å². The zero-order valence-electron chi connectivity index (χ0n) is 11.9. The fourth-order valence-corrected chi connectivity index (χ4v) is 3.04. The number of nitrogens with zero attached hydrogens (tertiary/aromatic N) is 2. The first kappa shape index (κ1) is 13.7. The van der Waals surface area contributed by atoms with E-state index in [1.54, 1.807) is 12.1 Å². The average molecular weight is 321 g/mol. The van der Waals surface area contributed by atoms with Crippen molar-refractivity contribution >= 4 is 22.2 Å². The van der Waals surface area contributed by atoms with Gasteiger partial charge in [-0.3, -0.25) is 4.79 Å². The van der Waals surface area contributed by atoms with Crippen molar-refractivity contribution in [2.45, 2.75) is 0 Å². The average Bonchev–Trinajstić information content (AvgIpc) is 3.02. The molecular formula is C17H11N3O2S. The van der Waals surface area contributed by atoms with E-state index >= 15 is 0 Å². The zero-order valence-corrected chi connectivity index (χ0v) is 12.7. The van der Waals surface area contributed by atoms with Gasteiger partial charge in [0.2, 0.25) is 0 Å². The fraction of sp³-hybridized carbons (Fsp3) is 0. The molecule has 0 aliphatic carbocycles. The van der Waals surface area contributed by atoms with Gasteiger partial charge in [-0.15, -0.1) is 0 Å². The molecule has 0 fully saturated rings. The van der Waals surface area contributed by atoms with E-state index in [1.807, 2.05) is 42.5 Å². The number of benzene rings is 2. The minimum atomic E-state index is -0.171. The number of aromatic nitrogens is 3. The molecule has 0 aliphatic rings. The summed E-state index contributed by atoms with van der Waals surface area (Å²) >= 11 is 1.08. The van der Waals surface area contributed by atoms with Gasteiger partial charge in [-0.25, -0.2) is 10.1 Å². The Morgan fingerprint density at radius 3 is 2.48 bits per heavy atom. The number of phenolic OH excluding ortho intramolecular Hbond substituents is 1. The third kappa shape index (κ3) is 2.49. The minimum absolute atomic E-state index is 0.169. The largest absolute Gasteiger partial charge is 0.506 e. The third-order valence-corrected chi connectivity index (χ3v) is 4.36. The van der Waals surface area contributed by atoms with Crippen molar-refractivity contribution in [2.75, 3.05) is 0 Å². The number of aromatic hydroxyl groups is 1. The number of hydrogen-bond donors (Lipinski definition) is 2. The molecular weight excluding hydrogens is 310 g/mol. The van der Waals surface area contributed by atoms with Crippen molar-refractivity contribution in [2.24, 2.45) is 0 Å². The SMILES string of the molecule is O=c1[nH]nc(-c2ccc(-c3ccc4cccc(O)c4n3)cc2)s1. The van der Waals surface area contributed by atoms with E-state index < -0.39 is 0 Å². The lowest BCUT2D eigenvalue weighted by Crippen LogP contribution is -1.90. The van der Waals surface area contributed by atoms with Crippen LogP contribution >= 0.6 is 11.3 Å². The highest BCUT2D eigenvalue weighted by Gasteiger charge is 2.07. The number of phenols is 1. The number of aromatic amines is 1. The highest BCUT2D eigenvalue weighted by atomic mass is 32.1. The van der Waals surface area contributed by atoms with Crippen LogP contribution in [0.1, 0.15) is 0 Å². The van der Waals surface area contributed by atoms with E-state index in [4.69, 9.17) is 0 Å². The van der Waals surface area contributed by atoms with Crippen molar-refractivity contribution in [3.63, 3.8) is 0 Å². The molecule has 0 radical (unpaired) electrons. The molecule has 2 N–H and O–H groups in total. The first-order chi connectivity index (χ1) is 11.2. The first-order valence-corrected chi connectivity index (χ1v) is 7.77. The molecule has 0 saturated heterocycles. The molecule has 23 heavy (non-hydrogen) atoms. The number of nitrogens with one attached hydrogen (secondary N) is 1. The number of rotatable bonds is 2. The highest BCUT2D eigenvalue weighted by molar-refractivity contribution is 7.12. The van der Waals surface area contributed by atoms with Gasteiger partial charge in [-0.1, -0.05) is 53.8 Å². The summed E-state index contributed by atoms with van der Waals surface area (Å²) in [5, 5.41) is 17.9. The maximum absolute atomic E-state index is 11.2. The van der Waals surface area contributed by atoms with Crippen LogP contribution in [0.15, 0.2) is 59.4 Å². The summed E-state index contributed by atoms with van der Waals surface area (Å²) in [5.74, 6) is 0.169. The predicted molar refractivity (Wildman–Crippen MR) is 90.6 cm³/mol. The van der Waals surface area contributed by atoms with Gasteiger partial charge in [0.05, 0.1) is 5.69 Å². The van der Waals surface area contributed by atoms with Crippen LogP contribution in [0.25, 0.3) is 32.7 Å². The van der Waals surface area contributed by atoms with E-state index in [0.717, 1.165) is 33.5 Å². The molecule has 4 rings (SSSR count). The minimum Gasteiger partial charge on any atom is -0.506 e. The van der Waals surface area contributed by atoms with Crippen LogP contribution in [-0.4, -0.2) is 20.3 Å². The fourth-order valence-electron chi connectivity index (χ4n) is 2.43. The lowest BCUT2D eigenvalue weighted by atomic mass is 10.1. The van der Waals surface area contributed by atoms with Gasteiger partial charge in [-0.2, -0.15) is 5.10 Å². The second-order valence-electron chi connectivity index (χ2n) is 5.04. The zero-order chi connectivity index (χ0) is 15.8. The molecule has 0 bridgehead atoms. The molecule has 2 aromatic heterocycles. The van der Waals surface area contributed by atoms with Crippen LogP contribution in [0.5, 0.6) is 5.75 Å². The van der Waals surface area contributed by atoms with Crippen LogP contribution < -0.4 is 4.87 Å². The normalized spacial score (nSPS) is 11.0. The maximum atomic E-state index is 11.2. The topological polar surface area (TPSA) is 78.9 Å². The number of H-pyrrole nitrogens is 1. The van der Waals surface area contributed by atoms with Gasteiger partial charge in [0.25, 0.3) is 0 Å². The van der Waals surface area contributed by atoms with E-state index in [-0.39, 0.29) is 10.6 Å². The van der Waals surface area contributed by atoms with Crippen LogP contribution in [0.3, 0.4) is 0 Å². The molecule has 0 unspecified atom stereocenters. The van der Waals surface area contributed by atoms with Gasteiger partial charge in [0, 0.05) is 16.5 Å². The number of fused-ring (bicyclic) bond motifs is 1. The second-order valence-corrected chi connectivity index (χ2v) is 6.00. The van der Waals surface area contributed by atoms with E-state index in [9.17, 15) is 9.90 Å². The molecule has 0 saturated carbocycles. The Kier molecular flexibility index (Phi) is 3.17. The van der Waals surface area contributed by atoms with E-state index in [1.165, 1.54) is 0 Å². The lowest BCUT2D eigenvalue weighted by Gasteiger charge is -2.05.